The highest BCUT2D eigenvalue weighted by atomic mass is 16.5. The van der Waals surface area contributed by atoms with Crippen LogP contribution in [0.25, 0.3) is 0 Å². The lowest BCUT2D eigenvalue weighted by Crippen LogP contribution is -2.43. The van der Waals surface area contributed by atoms with Gasteiger partial charge in [-0.2, -0.15) is 9.97 Å². The van der Waals surface area contributed by atoms with Crippen molar-refractivity contribution >= 4 is 5.91 Å². The van der Waals surface area contributed by atoms with Gasteiger partial charge >= 0.3 is 0 Å². The molecule has 1 saturated heterocycles. The zero-order valence-corrected chi connectivity index (χ0v) is 18.1. The Morgan fingerprint density at radius 3 is 2.83 bits per heavy atom. The number of carbonyl (C=O) groups excluding carboxylic acids is 1. The van der Waals surface area contributed by atoms with Gasteiger partial charge in [0.15, 0.2) is 5.82 Å². The number of hydrogen-bond acceptors (Lipinski definition) is 8. The fraction of sp³-hybridized carbons (Fsp3) is 0.619. The largest absolute Gasteiger partial charge is 0.481 e. The van der Waals surface area contributed by atoms with Gasteiger partial charge in [0.2, 0.25) is 17.7 Å². The Morgan fingerprint density at radius 2 is 2.10 bits per heavy atom. The third-order valence-corrected chi connectivity index (χ3v) is 4.91. The summed E-state index contributed by atoms with van der Waals surface area (Å²) in [5.41, 5.74) is 0.420. The summed E-state index contributed by atoms with van der Waals surface area (Å²) >= 11 is 0. The molecule has 3 rings (SSSR count). The fourth-order valence-corrected chi connectivity index (χ4v) is 3.43. The van der Waals surface area contributed by atoms with Crippen molar-refractivity contribution in [2.45, 2.75) is 45.6 Å². The molecule has 1 fully saturated rings. The first-order valence-corrected chi connectivity index (χ1v) is 10.3. The maximum Gasteiger partial charge on any atom is 0.259 e. The van der Waals surface area contributed by atoms with Crippen LogP contribution in [0, 0.1) is 5.92 Å². The maximum absolute atomic E-state index is 13.0. The number of aromatic nitrogens is 3. The van der Waals surface area contributed by atoms with E-state index >= 15 is 0 Å². The molecule has 1 aliphatic rings. The number of likely N-dealkylation sites (tertiary alicyclic amines) is 1. The summed E-state index contributed by atoms with van der Waals surface area (Å²) in [6.07, 6.45) is 3.12. The van der Waals surface area contributed by atoms with E-state index in [0.29, 0.717) is 55.2 Å². The number of amides is 1. The van der Waals surface area contributed by atoms with E-state index in [4.69, 9.17) is 18.7 Å². The van der Waals surface area contributed by atoms with Crippen LogP contribution in [-0.2, 0) is 17.6 Å². The van der Waals surface area contributed by atoms with Gasteiger partial charge in [-0.25, -0.2) is 0 Å². The van der Waals surface area contributed by atoms with Crippen molar-refractivity contribution in [3.63, 3.8) is 0 Å². The SMILES string of the molecule is COc1ccc(C(=O)N2CCCC(OCCc3noc(CC(C)C)n3)C2)c(OC)n1. The highest BCUT2D eigenvalue weighted by Crippen LogP contribution is 2.23. The normalized spacial score (nSPS) is 16.7. The lowest BCUT2D eigenvalue weighted by atomic mass is 10.1. The molecular formula is C21H30N4O5. The fourth-order valence-electron chi connectivity index (χ4n) is 3.43. The van der Waals surface area contributed by atoms with Crippen molar-refractivity contribution in [2.75, 3.05) is 33.9 Å². The van der Waals surface area contributed by atoms with Crippen LogP contribution in [0.15, 0.2) is 16.7 Å². The molecule has 0 saturated carbocycles. The first kappa shape index (κ1) is 22.0. The van der Waals surface area contributed by atoms with Crippen LogP contribution in [0.4, 0.5) is 0 Å². The zero-order valence-electron chi connectivity index (χ0n) is 18.1. The van der Waals surface area contributed by atoms with Crippen molar-refractivity contribution in [3.8, 4) is 11.8 Å². The zero-order chi connectivity index (χ0) is 21.5. The molecule has 164 valence electrons. The quantitative estimate of drug-likeness (QED) is 0.612. The third-order valence-electron chi connectivity index (χ3n) is 4.91. The summed E-state index contributed by atoms with van der Waals surface area (Å²) in [6, 6.07) is 3.34. The predicted octanol–water partition coefficient (Wildman–Crippen LogP) is 2.54. The molecule has 2 aromatic heterocycles. The topological polar surface area (TPSA) is 99.8 Å². The molecule has 1 amide bonds. The summed E-state index contributed by atoms with van der Waals surface area (Å²) < 4.78 is 21.6. The second kappa shape index (κ2) is 10.4. The Balaban J connectivity index is 1.52. The van der Waals surface area contributed by atoms with Crippen molar-refractivity contribution in [2.24, 2.45) is 5.92 Å². The summed E-state index contributed by atoms with van der Waals surface area (Å²) in [4.78, 5) is 23.4. The van der Waals surface area contributed by atoms with Gasteiger partial charge in [-0.1, -0.05) is 19.0 Å². The van der Waals surface area contributed by atoms with E-state index in [1.807, 2.05) is 0 Å². The molecular weight excluding hydrogens is 388 g/mol. The molecule has 1 unspecified atom stereocenters. The summed E-state index contributed by atoms with van der Waals surface area (Å²) in [6.45, 7) is 5.91. The van der Waals surface area contributed by atoms with Crippen LogP contribution < -0.4 is 9.47 Å². The number of hydrogen-bond donors (Lipinski definition) is 0. The molecule has 1 atom stereocenters. The number of methoxy groups -OCH3 is 2. The summed E-state index contributed by atoms with van der Waals surface area (Å²) in [5, 5.41) is 4.01. The van der Waals surface area contributed by atoms with E-state index in [9.17, 15) is 4.79 Å². The summed E-state index contributed by atoms with van der Waals surface area (Å²) in [7, 11) is 3.01. The van der Waals surface area contributed by atoms with Crippen LogP contribution in [0.2, 0.25) is 0 Å². The first-order chi connectivity index (χ1) is 14.5. The van der Waals surface area contributed by atoms with Gasteiger partial charge in [0.25, 0.3) is 5.91 Å². The van der Waals surface area contributed by atoms with Crippen LogP contribution in [0.5, 0.6) is 11.8 Å². The Bertz CT molecular complexity index is 839. The van der Waals surface area contributed by atoms with Gasteiger partial charge in [0.1, 0.15) is 5.56 Å². The lowest BCUT2D eigenvalue weighted by Gasteiger charge is -2.32. The average molecular weight is 418 g/mol. The molecule has 30 heavy (non-hydrogen) atoms. The minimum Gasteiger partial charge on any atom is -0.481 e. The molecule has 3 heterocycles. The van der Waals surface area contributed by atoms with Crippen LogP contribution in [-0.4, -0.2) is 66.0 Å². The highest BCUT2D eigenvalue weighted by Gasteiger charge is 2.27. The van der Waals surface area contributed by atoms with E-state index < -0.39 is 0 Å². The molecule has 0 N–H and O–H groups in total. The summed E-state index contributed by atoms with van der Waals surface area (Å²) in [5.74, 6) is 2.34. The van der Waals surface area contributed by atoms with E-state index in [1.54, 1.807) is 17.0 Å². The molecule has 0 aromatic carbocycles. The maximum atomic E-state index is 13.0. The van der Waals surface area contributed by atoms with Crippen molar-refractivity contribution in [3.05, 3.63) is 29.4 Å². The van der Waals surface area contributed by atoms with Crippen molar-refractivity contribution < 1.29 is 23.5 Å². The molecule has 2 aromatic rings. The molecule has 0 aliphatic carbocycles. The Kier molecular flexibility index (Phi) is 7.62. The molecule has 0 spiro atoms. The van der Waals surface area contributed by atoms with Crippen LogP contribution in [0.1, 0.15) is 48.8 Å². The average Bonchev–Trinajstić information content (AvgIpc) is 3.19. The van der Waals surface area contributed by atoms with E-state index in [0.717, 1.165) is 19.3 Å². The Morgan fingerprint density at radius 1 is 1.27 bits per heavy atom. The van der Waals surface area contributed by atoms with Gasteiger partial charge in [-0.15, -0.1) is 0 Å². The first-order valence-electron chi connectivity index (χ1n) is 10.3. The predicted molar refractivity (Wildman–Crippen MR) is 109 cm³/mol. The Hall–Kier alpha value is -2.68. The van der Waals surface area contributed by atoms with Crippen LogP contribution >= 0.6 is 0 Å². The van der Waals surface area contributed by atoms with E-state index in [1.165, 1.54) is 14.2 Å². The second-order valence-electron chi connectivity index (χ2n) is 7.75. The van der Waals surface area contributed by atoms with Crippen molar-refractivity contribution in [1.82, 2.24) is 20.0 Å². The van der Waals surface area contributed by atoms with Gasteiger partial charge in [-0.05, 0) is 24.8 Å². The number of nitrogens with zero attached hydrogens (tertiary/aromatic N) is 4. The van der Waals surface area contributed by atoms with Gasteiger partial charge in [0.05, 0.1) is 26.9 Å². The van der Waals surface area contributed by atoms with Gasteiger partial charge in [-0.3, -0.25) is 4.79 Å². The van der Waals surface area contributed by atoms with Crippen molar-refractivity contribution in [1.29, 1.82) is 0 Å². The number of piperidine rings is 1. The van der Waals surface area contributed by atoms with E-state index in [2.05, 4.69) is 29.0 Å². The number of carbonyl (C=O) groups is 1. The number of pyridine rings is 1. The number of rotatable bonds is 9. The minimum absolute atomic E-state index is 0.0260. The van der Waals surface area contributed by atoms with Gasteiger partial charge in [0, 0.05) is 32.0 Å². The smallest absolute Gasteiger partial charge is 0.259 e. The molecule has 9 nitrogen and oxygen atoms in total. The highest BCUT2D eigenvalue weighted by molar-refractivity contribution is 5.96. The van der Waals surface area contributed by atoms with Gasteiger partial charge < -0.3 is 23.6 Å². The lowest BCUT2D eigenvalue weighted by molar-refractivity contribution is 0.00239. The molecule has 1 aliphatic heterocycles. The Labute approximate surface area is 176 Å². The van der Waals surface area contributed by atoms with Crippen LogP contribution in [0.3, 0.4) is 0 Å². The molecule has 0 bridgehead atoms. The number of ether oxygens (including phenoxy) is 3. The minimum atomic E-state index is -0.119. The van der Waals surface area contributed by atoms with E-state index in [-0.39, 0.29) is 17.9 Å². The molecule has 0 radical (unpaired) electrons. The standard InChI is InChI=1S/C21H30N4O5/c1-14(2)12-19-22-17(24-30-19)9-11-29-15-6-5-10-25(13-15)21(26)16-7-8-18(27-3)23-20(16)28-4/h7-8,14-15H,5-6,9-13H2,1-4H3. The third kappa shape index (κ3) is 5.69. The second-order valence-corrected chi connectivity index (χ2v) is 7.75. The monoisotopic (exact) mass is 418 g/mol. The molecule has 9 heteroatoms.